The van der Waals surface area contributed by atoms with E-state index in [0.29, 0.717) is 18.0 Å². The summed E-state index contributed by atoms with van der Waals surface area (Å²) in [4.78, 5) is 5.00. The Balaban J connectivity index is 2.44. The lowest BCUT2D eigenvalue weighted by atomic mass is 10.3. The molecular formula is C12H15N3OS. The molecule has 1 aromatic carbocycles. The number of imidazole rings is 1. The normalized spacial score (nSPS) is 10.9. The number of fused-ring (bicyclic) bond motifs is 1. The monoisotopic (exact) mass is 249 g/mol. The Morgan fingerprint density at radius 3 is 2.94 bits per heavy atom. The highest BCUT2D eigenvalue weighted by molar-refractivity contribution is 7.80. The van der Waals surface area contributed by atoms with E-state index in [9.17, 15) is 0 Å². The Hall–Kier alpha value is -1.46. The molecule has 0 radical (unpaired) electrons. The molecule has 0 spiro atoms. The zero-order chi connectivity index (χ0) is 12.3. The maximum atomic E-state index is 5.59. The average molecular weight is 249 g/mol. The van der Waals surface area contributed by atoms with Crippen LogP contribution in [-0.4, -0.2) is 28.3 Å². The van der Waals surface area contributed by atoms with Gasteiger partial charge in [0.05, 0.1) is 29.0 Å². The lowest BCUT2D eigenvalue weighted by Crippen LogP contribution is -2.16. The van der Waals surface area contributed by atoms with Crippen molar-refractivity contribution in [2.24, 2.45) is 5.73 Å². The first-order chi connectivity index (χ1) is 8.22. The van der Waals surface area contributed by atoms with Crippen molar-refractivity contribution < 1.29 is 4.74 Å². The zero-order valence-electron chi connectivity index (χ0n) is 9.72. The van der Waals surface area contributed by atoms with Crippen molar-refractivity contribution in [3.8, 4) is 0 Å². The van der Waals surface area contributed by atoms with Gasteiger partial charge in [0.1, 0.15) is 5.82 Å². The van der Waals surface area contributed by atoms with Crippen LogP contribution < -0.4 is 5.73 Å². The molecule has 0 amide bonds. The minimum Gasteiger partial charge on any atom is -0.393 e. The largest absolute Gasteiger partial charge is 0.393 e. The fourth-order valence-electron chi connectivity index (χ4n) is 1.85. The van der Waals surface area contributed by atoms with Gasteiger partial charge in [-0.2, -0.15) is 0 Å². The molecule has 17 heavy (non-hydrogen) atoms. The van der Waals surface area contributed by atoms with Crippen LogP contribution in [0, 0.1) is 0 Å². The Kier molecular flexibility index (Phi) is 3.71. The van der Waals surface area contributed by atoms with Crippen LogP contribution in [0.2, 0.25) is 0 Å². The van der Waals surface area contributed by atoms with Crippen molar-refractivity contribution in [1.82, 2.24) is 9.55 Å². The van der Waals surface area contributed by atoms with E-state index in [1.807, 2.05) is 24.3 Å². The summed E-state index contributed by atoms with van der Waals surface area (Å²) in [5, 5.41) is 0. The lowest BCUT2D eigenvalue weighted by Gasteiger charge is -2.07. The third-order valence-corrected chi connectivity index (χ3v) is 2.73. The summed E-state index contributed by atoms with van der Waals surface area (Å²) in [6, 6.07) is 8.00. The SMILES string of the molecule is COCCn1c(CC(N)=S)nc2ccccc21. The van der Waals surface area contributed by atoms with Crippen molar-refractivity contribution in [3.63, 3.8) is 0 Å². The second-order valence-electron chi connectivity index (χ2n) is 3.80. The number of thiocarbonyl (C=S) groups is 1. The molecule has 2 N–H and O–H groups in total. The minimum absolute atomic E-state index is 0.457. The quantitative estimate of drug-likeness (QED) is 0.816. The van der Waals surface area contributed by atoms with Gasteiger partial charge in [-0.05, 0) is 12.1 Å². The summed E-state index contributed by atoms with van der Waals surface area (Å²) >= 11 is 4.95. The second kappa shape index (κ2) is 5.25. The number of ether oxygens (including phenoxy) is 1. The molecule has 0 aliphatic rings. The molecule has 2 aromatic rings. The molecule has 2 rings (SSSR count). The molecule has 4 nitrogen and oxygen atoms in total. The molecule has 0 fully saturated rings. The van der Waals surface area contributed by atoms with E-state index < -0.39 is 0 Å². The third-order valence-electron chi connectivity index (χ3n) is 2.58. The molecule has 0 saturated carbocycles. The van der Waals surface area contributed by atoms with Crippen molar-refractivity contribution in [2.45, 2.75) is 13.0 Å². The maximum absolute atomic E-state index is 5.59. The Bertz CT molecular complexity index is 536. The number of benzene rings is 1. The van der Waals surface area contributed by atoms with Gasteiger partial charge in [-0.25, -0.2) is 4.98 Å². The molecule has 1 aromatic heterocycles. The molecule has 90 valence electrons. The number of rotatable bonds is 5. The van der Waals surface area contributed by atoms with Crippen LogP contribution in [0.25, 0.3) is 11.0 Å². The Morgan fingerprint density at radius 2 is 2.24 bits per heavy atom. The number of nitrogens with zero attached hydrogens (tertiary/aromatic N) is 2. The molecule has 0 aliphatic carbocycles. The first-order valence-electron chi connectivity index (χ1n) is 5.43. The van der Waals surface area contributed by atoms with Crippen molar-refractivity contribution in [3.05, 3.63) is 30.1 Å². The van der Waals surface area contributed by atoms with Gasteiger partial charge in [0.15, 0.2) is 0 Å². The van der Waals surface area contributed by atoms with Gasteiger partial charge >= 0.3 is 0 Å². The van der Waals surface area contributed by atoms with Gasteiger partial charge in [0.2, 0.25) is 0 Å². The van der Waals surface area contributed by atoms with E-state index in [0.717, 1.165) is 23.4 Å². The topological polar surface area (TPSA) is 53.1 Å². The van der Waals surface area contributed by atoms with Crippen molar-refractivity contribution in [2.75, 3.05) is 13.7 Å². The highest BCUT2D eigenvalue weighted by Gasteiger charge is 2.10. The van der Waals surface area contributed by atoms with E-state index >= 15 is 0 Å². The number of hydrogen-bond acceptors (Lipinski definition) is 3. The molecule has 5 heteroatoms. The van der Waals surface area contributed by atoms with Crippen LogP contribution >= 0.6 is 12.2 Å². The fourth-order valence-corrected chi connectivity index (χ4v) is 1.98. The van der Waals surface area contributed by atoms with E-state index in [4.69, 9.17) is 22.7 Å². The first kappa shape index (κ1) is 12.0. The highest BCUT2D eigenvalue weighted by Crippen LogP contribution is 2.16. The van der Waals surface area contributed by atoms with Crippen LogP contribution in [0.15, 0.2) is 24.3 Å². The predicted octanol–water partition coefficient (Wildman–Crippen LogP) is 1.51. The van der Waals surface area contributed by atoms with Gasteiger partial charge in [0.25, 0.3) is 0 Å². The van der Waals surface area contributed by atoms with Crippen molar-refractivity contribution >= 4 is 28.2 Å². The van der Waals surface area contributed by atoms with Crippen LogP contribution in [0.5, 0.6) is 0 Å². The Labute approximate surface area is 105 Å². The van der Waals surface area contributed by atoms with Crippen LogP contribution in [0.1, 0.15) is 5.82 Å². The fraction of sp³-hybridized carbons (Fsp3) is 0.333. The van der Waals surface area contributed by atoms with E-state index in [-0.39, 0.29) is 0 Å². The molecular weight excluding hydrogens is 234 g/mol. The summed E-state index contributed by atoms with van der Waals surface area (Å²) in [5.41, 5.74) is 7.65. The number of nitrogens with two attached hydrogens (primary N) is 1. The number of hydrogen-bond donors (Lipinski definition) is 1. The molecule has 0 unspecified atom stereocenters. The van der Waals surface area contributed by atoms with Crippen LogP contribution in [-0.2, 0) is 17.7 Å². The number of methoxy groups -OCH3 is 1. The van der Waals surface area contributed by atoms with Crippen molar-refractivity contribution in [1.29, 1.82) is 0 Å². The summed E-state index contributed by atoms with van der Waals surface area (Å²) in [5.74, 6) is 0.899. The summed E-state index contributed by atoms with van der Waals surface area (Å²) < 4.78 is 7.22. The van der Waals surface area contributed by atoms with Gasteiger partial charge in [-0.15, -0.1) is 0 Å². The molecule has 1 heterocycles. The molecule has 0 aliphatic heterocycles. The molecule has 0 saturated heterocycles. The standard InChI is InChI=1S/C12H15N3OS/c1-16-7-6-15-10-5-3-2-4-9(10)14-12(15)8-11(13)17/h2-5H,6-8H2,1H3,(H2,13,17). The zero-order valence-corrected chi connectivity index (χ0v) is 10.5. The third kappa shape index (κ3) is 2.62. The maximum Gasteiger partial charge on any atom is 0.116 e. The minimum atomic E-state index is 0.457. The lowest BCUT2D eigenvalue weighted by molar-refractivity contribution is 0.187. The van der Waals surface area contributed by atoms with Crippen LogP contribution in [0.3, 0.4) is 0 Å². The second-order valence-corrected chi connectivity index (χ2v) is 4.33. The first-order valence-corrected chi connectivity index (χ1v) is 5.84. The van der Waals surface area contributed by atoms with Gasteiger partial charge in [-0.3, -0.25) is 0 Å². The van der Waals surface area contributed by atoms with Gasteiger partial charge in [-0.1, -0.05) is 24.4 Å². The smallest absolute Gasteiger partial charge is 0.116 e. The summed E-state index contributed by atoms with van der Waals surface area (Å²) in [6.45, 7) is 1.40. The Morgan fingerprint density at radius 1 is 1.47 bits per heavy atom. The average Bonchev–Trinajstić information content (AvgIpc) is 2.63. The van der Waals surface area contributed by atoms with Crippen LogP contribution in [0.4, 0.5) is 0 Å². The molecule has 0 atom stereocenters. The van der Waals surface area contributed by atoms with E-state index in [1.54, 1.807) is 7.11 Å². The van der Waals surface area contributed by atoms with E-state index in [1.165, 1.54) is 0 Å². The molecule has 0 bridgehead atoms. The summed E-state index contributed by atoms with van der Waals surface area (Å²) in [6.07, 6.45) is 0.522. The highest BCUT2D eigenvalue weighted by atomic mass is 32.1. The van der Waals surface area contributed by atoms with Gasteiger partial charge < -0.3 is 15.0 Å². The number of aromatic nitrogens is 2. The van der Waals surface area contributed by atoms with E-state index in [2.05, 4.69) is 9.55 Å². The predicted molar refractivity (Wildman–Crippen MR) is 72.1 cm³/mol. The summed E-state index contributed by atoms with van der Waals surface area (Å²) in [7, 11) is 1.69. The van der Waals surface area contributed by atoms with Gasteiger partial charge in [0, 0.05) is 13.7 Å². The number of para-hydroxylation sites is 2.